The van der Waals surface area contributed by atoms with Crippen LogP contribution in [0.3, 0.4) is 0 Å². The highest BCUT2D eigenvalue weighted by Crippen LogP contribution is 2.32. The topological polar surface area (TPSA) is 63.0 Å². The summed E-state index contributed by atoms with van der Waals surface area (Å²) in [4.78, 5) is 16.8. The molecule has 1 heterocycles. The Morgan fingerprint density at radius 2 is 1.89 bits per heavy atom. The van der Waals surface area contributed by atoms with E-state index in [0.717, 1.165) is 50.6 Å². The molecule has 0 N–H and O–H groups in total. The minimum Gasteiger partial charge on any atom is -0.425 e. The van der Waals surface area contributed by atoms with Gasteiger partial charge in [0.25, 0.3) is 0 Å². The van der Waals surface area contributed by atoms with Crippen LogP contribution >= 0.6 is 0 Å². The van der Waals surface area contributed by atoms with Crippen LogP contribution in [0, 0.1) is 23.2 Å². The molecule has 28 heavy (non-hydrogen) atoms. The summed E-state index contributed by atoms with van der Waals surface area (Å²) in [6.07, 6.45) is 10.2. The van der Waals surface area contributed by atoms with E-state index < -0.39 is 0 Å². The van der Waals surface area contributed by atoms with Crippen LogP contribution in [0.1, 0.15) is 48.9 Å². The highest BCUT2D eigenvalue weighted by molar-refractivity contribution is 5.75. The summed E-state index contributed by atoms with van der Waals surface area (Å²) in [6, 6.07) is 13.5. The molecule has 0 unspecified atom stereocenters. The number of ether oxygens (including phenoxy) is 1. The first-order valence-corrected chi connectivity index (χ1v) is 9.94. The maximum atomic E-state index is 12.4. The molecule has 1 saturated carbocycles. The minimum absolute atomic E-state index is 0.00266. The second-order valence-corrected chi connectivity index (χ2v) is 7.46. The van der Waals surface area contributed by atoms with E-state index in [2.05, 4.69) is 17.6 Å². The molecule has 1 aliphatic carbocycles. The van der Waals surface area contributed by atoms with Crippen molar-refractivity contribution in [2.24, 2.45) is 11.8 Å². The molecule has 0 atom stereocenters. The third-order valence-corrected chi connectivity index (χ3v) is 5.45. The van der Waals surface area contributed by atoms with Gasteiger partial charge in [-0.15, -0.1) is 6.58 Å². The number of benzene rings is 1. The first-order chi connectivity index (χ1) is 13.7. The van der Waals surface area contributed by atoms with Crippen molar-refractivity contribution in [3.8, 4) is 11.8 Å². The van der Waals surface area contributed by atoms with Gasteiger partial charge in [0.2, 0.25) is 0 Å². The first-order valence-electron chi connectivity index (χ1n) is 9.94. The fourth-order valence-electron chi connectivity index (χ4n) is 3.71. The van der Waals surface area contributed by atoms with E-state index in [9.17, 15) is 4.79 Å². The van der Waals surface area contributed by atoms with Gasteiger partial charge in [-0.25, -0.2) is 0 Å². The molecule has 144 valence electrons. The highest BCUT2D eigenvalue weighted by Gasteiger charge is 2.27. The normalized spacial score (nSPS) is 18.8. The molecule has 0 aliphatic heterocycles. The molecule has 1 aromatic carbocycles. The summed E-state index contributed by atoms with van der Waals surface area (Å²) in [5.74, 6) is 1.04. The van der Waals surface area contributed by atoms with E-state index >= 15 is 0 Å². The third kappa shape index (κ3) is 5.53. The molecular formula is C24H26N2O2. The molecular weight excluding hydrogens is 348 g/mol. The molecule has 2 aromatic rings. The van der Waals surface area contributed by atoms with E-state index in [1.54, 1.807) is 6.20 Å². The van der Waals surface area contributed by atoms with Gasteiger partial charge in [-0.2, -0.15) is 5.26 Å². The number of nitriles is 1. The van der Waals surface area contributed by atoms with Gasteiger partial charge in [-0.3, -0.25) is 9.78 Å². The van der Waals surface area contributed by atoms with Crippen LogP contribution in [0.15, 0.2) is 55.3 Å². The van der Waals surface area contributed by atoms with Crippen LogP contribution in [0.25, 0.3) is 0 Å². The van der Waals surface area contributed by atoms with Crippen molar-refractivity contribution in [3.05, 3.63) is 72.1 Å². The zero-order chi connectivity index (χ0) is 19.8. The summed E-state index contributed by atoms with van der Waals surface area (Å²) in [6.45, 7) is 3.80. The van der Waals surface area contributed by atoms with Gasteiger partial charge in [-0.05, 0) is 80.7 Å². The lowest BCUT2D eigenvalue weighted by Crippen LogP contribution is -2.25. The number of hydrogen-bond donors (Lipinski definition) is 0. The second kappa shape index (κ2) is 9.85. The Hall–Kier alpha value is -2.93. The predicted molar refractivity (Wildman–Crippen MR) is 109 cm³/mol. The fraction of sp³-hybridized carbons (Fsp3) is 0.375. The van der Waals surface area contributed by atoms with E-state index in [0.29, 0.717) is 17.2 Å². The van der Waals surface area contributed by atoms with Gasteiger partial charge in [0.1, 0.15) is 5.75 Å². The number of carbonyl (C=O) groups excluding carboxylic acids is 1. The van der Waals surface area contributed by atoms with Crippen molar-refractivity contribution in [2.45, 2.75) is 44.9 Å². The molecule has 0 saturated heterocycles. The van der Waals surface area contributed by atoms with Crippen LogP contribution in [0.2, 0.25) is 0 Å². The molecule has 4 nitrogen and oxygen atoms in total. The monoisotopic (exact) mass is 374 g/mol. The summed E-state index contributed by atoms with van der Waals surface area (Å²) < 4.78 is 5.54. The number of allylic oxidation sites excluding steroid dienone is 1. The van der Waals surface area contributed by atoms with Crippen molar-refractivity contribution in [1.29, 1.82) is 5.26 Å². The first kappa shape index (κ1) is 19.8. The molecule has 4 heteroatoms. The van der Waals surface area contributed by atoms with E-state index in [1.165, 1.54) is 5.56 Å². The molecule has 0 radical (unpaired) electrons. The number of aryl methyl sites for hydroxylation is 2. The zero-order valence-corrected chi connectivity index (χ0v) is 16.1. The smallest absolute Gasteiger partial charge is 0.314 e. The SMILES string of the molecule is C=CCC1CCC(C(=O)Oc2ccc(CCc3ccc(C#N)cc3)nc2)CC1. The number of hydrogen-bond acceptors (Lipinski definition) is 4. The molecule has 1 aliphatic rings. The van der Waals surface area contributed by atoms with Crippen molar-refractivity contribution < 1.29 is 9.53 Å². The van der Waals surface area contributed by atoms with E-state index in [4.69, 9.17) is 10.00 Å². The molecule has 1 fully saturated rings. The van der Waals surface area contributed by atoms with E-state index in [-0.39, 0.29) is 11.9 Å². The Kier molecular flexibility index (Phi) is 6.97. The Bertz CT molecular complexity index is 826. The fourth-order valence-corrected chi connectivity index (χ4v) is 3.71. The van der Waals surface area contributed by atoms with Gasteiger partial charge < -0.3 is 4.74 Å². The number of carbonyl (C=O) groups is 1. The van der Waals surface area contributed by atoms with E-state index in [1.807, 2.05) is 42.5 Å². The molecule has 0 amide bonds. The molecule has 0 bridgehead atoms. The maximum Gasteiger partial charge on any atom is 0.314 e. The number of aromatic nitrogens is 1. The van der Waals surface area contributed by atoms with Crippen LogP contribution in [0.5, 0.6) is 5.75 Å². The van der Waals surface area contributed by atoms with Crippen molar-refractivity contribution in [3.63, 3.8) is 0 Å². The summed E-state index contributed by atoms with van der Waals surface area (Å²) in [5.41, 5.74) is 2.79. The standard InChI is InChI=1S/C24H26N2O2/c1-2-3-18-8-11-21(12-9-18)24(27)28-23-15-14-22(26-17-23)13-10-19-4-6-20(16-25)7-5-19/h2,4-7,14-15,17-18,21H,1,3,8-13H2. The Morgan fingerprint density at radius 1 is 1.14 bits per heavy atom. The Morgan fingerprint density at radius 3 is 2.50 bits per heavy atom. The average Bonchev–Trinajstić information content (AvgIpc) is 2.74. The van der Waals surface area contributed by atoms with Crippen molar-refractivity contribution >= 4 is 5.97 Å². The van der Waals surface area contributed by atoms with Crippen LogP contribution in [-0.2, 0) is 17.6 Å². The van der Waals surface area contributed by atoms with Crippen molar-refractivity contribution in [2.75, 3.05) is 0 Å². The molecule has 3 rings (SSSR count). The zero-order valence-electron chi connectivity index (χ0n) is 16.1. The Labute approximate surface area is 166 Å². The average molecular weight is 374 g/mol. The quantitative estimate of drug-likeness (QED) is 0.504. The minimum atomic E-state index is -0.135. The summed E-state index contributed by atoms with van der Waals surface area (Å²) in [7, 11) is 0. The predicted octanol–water partition coefficient (Wildman–Crippen LogP) is 5.03. The van der Waals surface area contributed by atoms with Gasteiger partial charge in [-0.1, -0.05) is 18.2 Å². The van der Waals surface area contributed by atoms with Gasteiger partial charge in [0.05, 0.1) is 23.7 Å². The lowest BCUT2D eigenvalue weighted by molar-refractivity contribution is -0.140. The lowest BCUT2D eigenvalue weighted by atomic mass is 9.80. The molecule has 1 aromatic heterocycles. The number of esters is 1. The second-order valence-electron chi connectivity index (χ2n) is 7.46. The number of pyridine rings is 1. The van der Waals surface area contributed by atoms with Gasteiger partial charge in [0, 0.05) is 5.69 Å². The van der Waals surface area contributed by atoms with Crippen LogP contribution < -0.4 is 4.74 Å². The lowest BCUT2D eigenvalue weighted by Gasteiger charge is -2.26. The highest BCUT2D eigenvalue weighted by atomic mass is 16.5. The van der Waals surface area contributed by atoms with Gasteiger partial charge >= 0.3 is 5.97 Å². The number of nitrogens with zero attached hydrogens (tertiary/aromatic N) is 2. The van der Waals surface area contributed by atoms with Crippen molar-refractivity contribution in [1.82, 2.24) is 4.98 Å². The van der Waals surface area contributed by atoms with Gasteiger partial charge in [0.15, 0.2) is 0 Å². The summed E-state index contributed by atoms with van der Waals surface area (Å²) in [5, 5.41) is 8.84. The third-order valence-electron chi connectivity index (χ3n) is 5.45. The maximum absolute atomic E-state index is 12.4. The van der Waals surface area contributed by atoms with Crippen LogP contribution in [0.4, 0.5) is 0 Å². The molecule has 0 spiro atoms. The summed E-state index contributed by atoms with van der Waals surface area (Å²) >= 11 is 0. The Balaban J connectivity index is 1.46. The number of rotatable bonds is 7. The van der Waals surface area contributed by atoms with Crippen LogP contribution in [-0.4, -0.2) is 11.0 Å². The largest absolute Gasteiger partial charge is 0.425 e.